The molecule has 0 aromatic heterocycles. The lowest BCUT2D eigenvalue weighted by Gasteiger charge is -2.02. The molecule has 0 amide bonds. The Morgan fingerprint density at radius 1 is 1.50 bits per heavy atom. The molecule has 4 heteroatoms. The minimum absolute atomic E-state index is 1.24. The van der Waals surface area contributed by atoms with Gasteiger partial charge >= 0.3 is 7.60 Å². The van der Waals surface area contributed by atoms with E-state index in [1.807, 2.05) is 5.66 Å². The van der Waals surface area contributed by atoms with Gasteiger partial charge in [0.2, 0.25) is 0 Å². The maximum absolute atomic E-state index is 10.6. The minimum Gasteiger partial charge on any atom is -0.303 e. The first-order chi connectivity index (χ1) is 3.68. The zero-order chi connectivity index (χ0) is 6.62. The molecule has 0 unspecified atom stereocenters. The van der Waals surface area contributed by atoms with E-state index < -0.39 is 7.60 Å². The van der Waals surface area contributed by atoms with Crippen LogP contribution in [0, 0.1) is 12.1 Å². The van der Waals surface area contributed by atoms with Crippen LogP contribution in [-0.4, -0.2) is 14.2 Å². The summed E-state index contributed by atoms with van der Waals surface area (Å²) in [5.41, 5.74) is 1.89. The van der Waals surface area contributed by atoms with Crippen molar-refractivity contribution in [2.75, 3.05) is 14.2 Å². The van der Waals surface area contributed by atoms with Crippen molar-refractivity contribution >= 4 is 7.60 Å². The summed E-state index contributed by atoms with van der Waals surface area (Å²) >= 11 is 0. The summed E-state index contributed by atoms with van der Waals surface area (Å²) in [7, 11) is -0.654. The second kappa shape index (κ2) is 2.88. The van der Waals surface area contributed by atoms with Gasteiger partial charge in [0.05, 0.1) is 0 Å². The fraction of sp³-hybridized carbons (Fsp3) is 0.500. The summed E-state index contributed by atoms with van der Waals surface area (Å²) < 4.78 is 19.3. The third kappa shape index (κ3) is 1.67. The molecule has 0 atom stereocenters. The van der Waals surface area contributed by atoms with Gasteiger partial charge in [0, 0.05) is 19.9 Å². The molecule has 0 bridgehead atoms. The Labute approximate surface area is 48.5 Å². The molecule has 0 saturated carbocycles. The lowest BCUT2D eigenvalue weighted by atomic mass is 11.4. The molecule has 3 nitrogen and oxygen atoms in total. The van der Waals surface area contributed by atoms with E-state index in [2.05, 4.69) is 9.05 Å². The van der Waals surface area contributed by atoms with Crippen LogP contribution in [0.5, 0.6) is 0 Å². The molecule has 0 aliphatic heterocycles. The number of hydrogen-bond acceptors (Lipinski definition) is 3. The van der Waals surface area contributed by atoms with Crippen LogP contribution in [0.1, 0.15) is 0 Å². The Morgan fingerprint density at radius 2 is 1.88 bits per heavy atom. The molecule has 0 aromatic rings. The molecule has 0 N–H and O–H groups in total. The van der Waals surface area contributed by atoms with Gasteiger partial charge in [-0.2, -0.15) is 0 Å². The van der Waals surface area contributed by atoms with E-state index in [9.17, 15) is 4.57 Å². The van der Waals surface area contributed by atoms with Crippen molar-refractivity contribution in [1.82, 2.24) is 0 Å². The van der Waals surface area contributed by atoms with Crippen LogP contribution in [0.15, 0.2) is 0 Å². The Bertz CT molecular complexity index is 138. The van der Waals surface area contributed by atoms with Gasteiger partial charge in [0.25, 0.3) is 0 Å². The number of rotatable bonds is 2. The third-order valence-electron chi connectivity index (χ3n) is 0.639. The van der Waals surface area contributed by atoms with E-state index in [4.69, 9.17) is 6.42 Å². The van der Waals surface area contributed by atoms with E-state index in [1.165, 1.54) is 14.2 Å². The van der Waals surface area contributed by atoms with E-state index in [0.29, 0.717) is 0 Å². The Morgan fingerprint density at radius 3 is 1.88 bits per heavy atom. The minimum atomic E-state index is -3.13. The molecule has 0 aromatic carbocycles. The zero-order valence-electron chi connectivity index (χ0n) is 4.75. The van der Waals surface area contributed by atoms with Gasteiger partial charge in [0.1, 0.15) is 0 Å². The molecule has 0 rings (SSSR count). The third-order valence-corrected chi connectivity index (χ3v) is 1.92. The smallest absolute Gasteiger partial charge is 0.303 e. The molecule has 46 valence electrons. The van der Waals surface area contributed by atoms with E-state index in [0.717, 1.165) is 0 Å². The maximum Gasteiger partial charge on any atom is 0.404 e. The molecule has 0 spiro atoms. The Kier molecular flexibility index (Phi) is 2.78. The highest BCUT2D eigenvalue weighted by atomic mass is 31.2. The fourth-order valence-corrected chi connectivity index (χ4v) is 0.540. The van der Waals surface area contributed by atoms with Crippen molar-refractivity contribution in [2.24, 2.45) is 0 Å². The van der Waals surface area contributed by atoms with Gasteiger partial charge in [-0.1, -0.05) is 0 Å². The molecular formula is C4H7O3P. The van der Waals surface area contributed by atoms with Crippen molar-refractivity contribution in [2.45, 2.75) is 0 Å². The van der Waals surface area contributed by atoms with Crippen LogP contribution in [0.3, 0.4) is 0 Å². The highest BCUT2D eigenvalue weighted by Crippen LogP contribution is 2.44. The molecule has 0 radical (unpaired) electrons. The first kappa shape index (κ1) is 7.71. The lowest BCUT2D eigenvalue weighted by Crippen LogP contribution is -1.82. The number of terminal acetylenes is 1. The Balaban J connectivity index is 4.06. The van der Waals surface area contributed by atoms with Gasteiger partial charge in [-0.3, -0.25) is 0 Å². The van der Waals surface area contributed by atoms with Crippen LogP contribution in [0.2, 0.25) is 0 Å². The fourth-order valence-electron chi connectivity index (χ4n) is 0.180. The summed E-state index contributed by atoms with van der Waals surface area (Å²) in [6.45, 7) is 0. The van der Waals surface area contributed by atoms with Crippen LogP contribution in [0.4, 0.5) is 0 Å². The summed E-state index contributed by atoms with van der Waals surface area (Å²) in [5.74, 6) is 0. The summed E-state index contributed by atoms with van der Waals surface area (Å²) in [4.78, 5) is 0. The maximum atomic E-state index is 10.6. The van der Waals surface area contributed by atoms with Gasteiger partial charge in [-0.25, -0.2) is 4.57 Å². The average molecular weight is 134 g/mol. The Hall–Kier alpha value is -0.290. The predicted molar refractivity (Wildman–Crippen MR) is 30.5 cm³/mol. The highest BCUT2D eigenvalue weighted by molar-refractivity contribution is 7.59. The second-order valence-corrected chi connectivity index (χ2v) is 2.98. The first-order valence-electron chi connectivity index (χ1n) is 1.88. The summed E-state index contributed by atoms with van der Waals surface area (Å²) in [5, 5.41) is 0. The van der Waals surface area contributed by atoms with Crippen molar-refractivity contribution in [3.63, 3.8) is 0 Å². The molecule has 0 aliphatic rings. The van der Waals surface area contributed by atoms with Crippen molar-refractivity contribution in [1.29, 1.82) is 0 Å². The second-order valence-electron chi connectivity index (χ2n) is 0.992. The van der Waals surface area contributed by atoms with Gasteiger partial charge in [0.15, 0.2) is 0 Å². The normalized spacial score (nSPS) is 10.6. The van der Waals surface area contributed by atoms with Crippen molar-refractivity contribution in [3.05, 3.63) is 0 Å². The quantitative estimate of drug-likeness (QED) is 0.418. The molecule has 0 aliphatic carbocycles. The van der Waals surface area contributed by atoms with E-state index >= 15 is 0 Å². The molecule has 8 heavy (non-hydrogen) atoms. The van der Waals surface area contributed by atoms with Gasteiger partial charge < -0.3 is 9.05 Å². The SMILES string of the molecule is C#CP(=O)(OC)OC. The largest absolute Gasteiger partial charge is 0.404 e. The highest BCUT2D eigenvalue weighted by Gasteiger charge is 2.14. The van der Waals surface area contributed by atoms with Gasteiger partial charge in [-0.05, 0) is 0 Å². The van der Waals surface area contributed by atoms with Gasteiger partial charge in [-0.15, -0.1) is 6.42 Å². The van der Waals surface area contributed by atoms with Crippen LogP contribution < -0.4 is 0 Å². The number of hydrogen-bond donors (Lipinski definition) is 0. The van der Waals surface area contributed by atoms with Crippen molar-refractivity contribution in [3.8, 4) is 12.1 Å². The van der Waals surface area contributed by atoms with E-state index in [1.54, 1.807) is 0 Å². The van der Waals surface area contributed by atoms with E-state index in [-0.39, 0.29) is 0 Å². The summed E-state index contributed by atoms with van der Waals surface area (Å²) in [6.07, 6.45) is 4.76. The zero-order valence-corrected chi connectivity index (χ0v) is 5.64. The average Bonchev–Trinajstić information content (AvgIpc) is 1.87. The van der Waals surface area contributed by atoms with Crippen LogP contribution >= 0.6 is 7.60 Å². The first-order valence-corrected chi connectivity index (χ1v) is 3.42. The topological polar surface area (TPSA) is 35.5 Å². The monoisotopic (exact) mass is 134 g/mol. The standard InChI is InChI=1S/C4H7O3P/c1-4-8(5,6-2)7-3/h1H,2-3H3. The van der Waals surface area contributed by atoms with Crippen LogP contribution in [-0.2, 0) is 13.6 Å². The predicted octanol–water partition coefficient (Wildman–Crippen LogP) is 1.06. The molecule has 0 saturated heterocycles. The lowest BCUT2D eigenvalue weighted by molar-refractivity contribution is 0.288. The molecular weight excluding hydrogens is 127 g/mol. The van der Waals surface area contributed by atoms with Crippen molar-refractivity contribution < 1.29 is 13.6 Å². The summed E-state index contributed by atoms with van der Waals surface area (Å²) in [6, 6.07) is 0. The molecule has 0 heterocycles. The molecule has 0 fully saturated rings. The van der Waals surface area contributed by atoms with Crippen LogP contribution in [0.25, 0.3) is 0 Å².